The van der Waals surface area contributed by atoms with Crippen molar-refractivity contribution in [3.63, 3.8) is 0 Å². The van der Waals surface area contributed by atoms with Crippen LogP contribution in [0.1, 0.15) is 17.3 Å². The second-order valence-electron chi connectivity index (χ2n) is 2.33. The second-order valence-corrected chi connectivity index (χ2v) is 2.81. The van der Waals surface area contributed by atoms with Crippen LogP contribution in [0.2, 0.25) is 0 Å². The van der Waals surface area contributed by atoms with Crippen LogP contribution < -0.4 is 5.73 Å². The Labute approximate surface area is 99.2 Å². The average molecular weight is 191 g/mol. The second kappa shape index (κ2) is 4.92. The summed E-state index contributed by atoms with van der Waals surface area (Å²) < 4.78 is 0. The first-order valence-corrected chi connectivity index (χ1v) is 3.65. The fourth-order valence-corrected chi connectivity index (χ4v) is 0.913. The fraction of sp³-hybridized carbons (Fsp3) is 0.125. The zero-order valence-corrected chi connectivity index (χ0v) is 7.06. The molecule has 0 unspecified atom stereocenters. The van der Waals surface area contributed by atoms with Crippen LogP contribution in [0.5, 0.6) is 0 Å². The number of rotatable bonds is 1. The molecule has 12 heavy (non-hydrogen) atoms. The number of ketones is 1. The normalized spacial score (nSPS) is 8.83. The zero-order chi connectivity index (χ0) is 8.43. The molecule has 0 radical (unpaired) electrons. The Balaban J connectivity index is 0.00000121. The van der Waals surface area contributed by atoms with Gasteiger partial charge in [0, 0.05) is 16.1 Å². The number of anilines is 1. The number of hydrogen-bond acceptors (Lipinski definition) is 3. The van der Waals surface area contributed by atoms with Crippen molar-refractivity contribution in [3.05, 3.63) is 23.8 Å². The first-order chi connectivity index (χ1) is 5.11. The summed E-state index contributed by atoms with van der Waals surface area (Å²) in [5, 5.41) is 0. The van der Waals surface area contributed by atoms with E-state index in [4.69, 9.17) is 5.73 Å². The number of nitrogens with two attached hydrogens (primary N) is 1. The monoisotopic (exact) mass is 191 g/mol. The number of benzene rings is 1. The van der Waals surface area contributed by atoms with Crippen molar-refractivity contribution < 1.29 is 4.79 Å². The van der Waals surface area contributed by atoms with E-state index in [1.165, 1.54) is 6.92 Å². The molecule has 0 saturated carbocycles. The summed E-state index contributed by atoms with van der Waals surface area (Å²) in [5.74, 6) is 0.0185. The van der Waals surface area contributed by atoms with E-state index >= 15 is 0 Å². The van der Waals surface area contributed by atoms with Gasteiger partial charge in [-0.1, -0.05) is 6.07 Å². The third-order valence-electron chi connectivity index (χ3n) is 1.43. The Hall–Kier alpha value is 0.0400. The third kappa shape index (κ3) is 2.83. The SMILES string of the molecule is CC(=O)c1ccc(S)c(N)c1.[NaH]. The summed E-state index contributed by atoms with van der Waals surface area (Å²) in [6.07, 6.45) is 0. The van der Waals surface area contributed by atoms with Gasteiger partial charge in [-0.15, -0.1) is 12.6 Å². The van der Waals surface area contributed by atoms with Gasteiger partial charge in [-0.05, 0) is 19.1 Å². The Morgan fingerprint density at radius 1 is 1.50 bits per heavy atom. The molecule has 1 aromatic rings. The quantitative estimate of drug-likeness (QED) is 0.302. The molecule has 2 nitrogen and oxygen atoms in total. The maximum absolute atomic E-state index is 10.8. The van der Waals surface area contributed by atoms with Gasteiger partial charge in [0.1, 0.15) is 0 Å². The van der Waals surface area contributed by atoms with E-state index in [0.717, 1.165) is 0 Å². The van der Waals surface area contributed by atoms with Gasteiger partial charge in [0.25, 0.3) is 0 Å². The molecular weight excluding hydrogens is 181 g/mol. The van der Waals surface area contributed by atoms with E-state index in [1.807, 2.05) is 0 Å². The first-order valence-electron chi connectivity index (χ1n) is 3.20. The van der Waals surface area contributed by atoms with Gasteiger partial charge in [0.2, 0.25) is 0 Å². The van der Waals surface area contributed by atoms with Gasteiger partial charge >= 0.3 is 29.6 Å². The summed E-state index contributed by atoms with van der Waals surface area (Å²) in [7, 11) is 0. The predicted octanol–water partition coefficient (Wildman–Crippen LogP) is 1.11. The summed E-state index contributed by atoms with van der Waals surface area (Å²) in [6.45, 7) is 1.51. The topological polar surface area (TPSA) is 43.1 Å². The molecule has 0 atom stereocenters. The molecule has 0 spiro atoms. The van der Waals surface area contributed by atoms with E-state index < -0.39 is 0 Å². The zero-order valence-electron chi connectivity index (χ0n) is 6.16. The van der Waals surface area contributed by atoms with E-state index in [1.54, 1.807) is 18.2 Å². The minimum absolute atomic E-state index is 0. The van der Waals surface area contributed by atoms with Crippen LogP contribution in [0, 0.1) is 0 Å². The molecule has 0 aromatic heterocycles. The van der Waals surface area contributed by atoms with Crippen LogP contribution in [-0.4, -0.2) is 35.3 Å². The van der Waals surface area contributed by atoms with Crippen LogP contribution >= 0.6 is 12.6 Å². The molecular formula is C8H10NNaOS. The molecule has 4 heteroatoms. The number of hydrogen-bond donors (Lipinski definition) is 2. The molecule has 0 fully saturated rings. The number of carbonyl (C=O) groups excluding carboxylic acids is 1. The molecule has 1 aromatic carbocycles. The Morgan fingerprint density at radius 3 is 2.50 bits per heavy atom. The van der Waals surface area contributed by atoms with Crippen molar-refractivity contribution in [2.75, 3.05) is 5.73 Å². The van der Waals surface area contributed by atoms with Crippen molar-refractivity contribution in [3.8, 4) is 0 Å². The van der Waals surface area contributed by atoms with Gasteiger partial charge in [-0.3, -0.25) is 4.79 Å². The minimum atomic E-state index is 0. The van der Waals surface area contributed by atoms with Crippen LogP contribution in [0.25, 0.3) is 0 Å². The van der Waals surface area contributed by atoms with E-state index in [-0.39, 0.29) is 35.3 Å². The Morgan fingerprint density at radius 2 is 2.08 bits per heavy atom. The summed E-state index contributed by atoms with van der Waals surface area (Å²) >= 11 is 4.08. The number of carbonyl (C=O) groups is 1. The van der Waals surface area contributed by atoms with Crippen molar-refractivity contribution in [1.82, 2.24) is 0 Å². The first kappa shape index (κ1) is 12.0. The summed E-state index contributed by atoms with van der Waals surface area (Å²) in [5.41, 5.74) is 6.70. The number of thiol groups is 1. The molecule has 2 N–H and O–H groups in total. The summed E-state index contributed by atoms with van der Waals surface area (Å²) in [6, 6.07) is 5.06. The van der Waals surface area contributed by atoms with E-state index in [9.17, 15) is 4.79 Å². The summed E-state index contributed by atoms with van der Waals surface area (Å²) in [4.78, 5) is 11.5. The average Bonchev–Trinajstić information content (AvgIpc) is 1.94. The number of Topliss-reactive ketones (excluding diaryl/α,β-unsaturated/α-hetero) is 1. The van der Waals surface area contributed by atoms with E-state index in [2.05, 4.69) is 12.6 Å². The molecule has 0 aliphatic heterocycles. The van der Waals surface area contributed by atoms with Gasteiger partial charge in [0.05, 0.1) is 0 Å². The standard InChI is InChI=1S/C8H9NOS.Na.H/c1-5(10)6-2-3-8(11)7(9)4-6;;/h2-4,11H,9H2,1H3;;. The molecule has 1 rings (SSSR count). The Kier molecular flexibility index (Phi) is 4.94. The van der Waals surface area contributed by atoms with Crippen molar-refractivity contribution >= 4 is 53.7 Å². The van der Waals surface area contributed by atoms with Crippen LogP contribution in [-0.2, 0) is 0 Å². The molecule has 0 heterocycles. The fourth-order valence-electron chi connectivity index (χ4n) is 0.774. The van der Waals surface area contributed by atoms with E-state index in [0.29, 0.717) is 16.1 Å². The van der Waals surface area contributed by atoms with Crippen molar-refractivity contribution in [2.24, 2.45) is 0 Å². The molecule has 0 saturated heterocycles. The van der Waals surface area contributed by atoms with Gasteiger partial charge in [-0.25, -0.2) is 0 Å². The molecule has 0 aliphatic rings. The van der Waals surface area contributed by atoms with Crippen molar-refractivity contribution in [1.29, 1.82) is 0 Å². The Bertz CT molecular complexity index is 301. The van der Waals surface area contributed by atoms with Crippen LogP contribution in [0.15, 0.2) is 23.1 Å². The predicted molar refractivity (Wildman–Crippen MR) is 55.3 cm³/mol. The molecule has 0 aliphatic carbocycles. The van der Waals surface area contributed by atoms with Crippen molar-refractivity contribution in [2.45, 2.75) is 11.8 Å². The van der Waals surface area contributed by atoms with Gasteiger partial charge in [0.15, 0.2) is 5.78 Å². The van der Waals surface area contributed by atoms with Crippen LogP contribution in [0.3, 0.4) is 0 Å². The molecule has 0 bridgehead atoms. The number of nitrogen functional groups attached to an aromatic ring is 1. The van der Waals surface area contributed by atoms with Crippen LogP contribution in [0.4, 0.5) is 5.69 Å². The molecule has 60 valence electrons. The van der Waals surface area contributed by atoms with Gasteiger partial charge < -0.3 is 5.73 Å². The third-order valence-corrected chi connectivity index (χ3v) is 1.84. The maximum atomic E-state index is 10.8. The van der Waals surface area contributed by atoms with Gasteiger partial charge in [-0.2, -0.15) is 0 Å². The molecule has 0 amide bonds.